The van der Waals surface area contributed by atoms with E-state index in [1.807, 2.05) is 0 Å². The van der Waals surface area contributed by atoms with Crippen LogP contribution in [0.2, 0.25) is 0 Å². The number of hydrogen-bond acceptors (Lipinski definition) is 5. The monoisotopic (exact) mass is 949 g/mol. The lowest BCUT2D eigenvalue weighted by molar-refractivity contribution is -0.163. The predicted octanol–water partition coefficient (Wildman–Crippen LogP) is 20.2. The van der Waals surface area contributed by atoms with E-state index in [4.69, 9.17) is 14.2 Å². The molecule has 0 aliphatic heterocycles. The third-order valence-corrected chi connectivity index (χ3v) is 12.7. The first-order valence-corrected chi connectivity index (χ1v) is 29.5. The summed E-state index contributed by atoms with van der Waals surface area (Å²) in [6.45, 7) is 7.70. The SMILES string of the molecule is CC/C=C\C/C=C\C/C=C\C/C=C\CCCCCCCCCOCC(COC(=O)CCCCCCCCCCC/C=C\CCCCCCCC)OC(=O)CCCCCCC/C=C\CCCCCC. The Morgan fingerprint density at radius 2 is 0.662 bits per heavy atom. The van der Waals surface area contributed by atoms with Crippen molar-refractivity contribution < 1.29 is 23.8 Å². The van der Waals surface area contributed by atoms with Crippen LogP contribution >= 0.6 is 0 Å². The van der Waals surface area contributed by atoms with Gasteiger partial charge in [-0.25, -0.2) is 0 Å². The molecular weight excluding hydrogens is 837 g/mol. The van der Waals surface area contributed by atoms with Crippen molar-refractivity contribution in [1.82, 2.24) is 0 Å². The van der Waals surface area contributed by atoms with Crippen molar-refractivity contribution in [3.05, 3.63) is 72.9 Å². The summed E-state index contributed by atoms with van der Waals surface area (Å²) in [6.07, 6.45) is 76.4. The fraction of sp³-hybridized carbons (Fsp3) is 0.778. The molecule has 0 aromatic rings. The zero-order valence-electron chi connectivity index (χ0n) is 45.4. The Morgan fingerprint density at radius 3 is 1.09 bits per heavy atom. The quantitative estimate of drug-likeness (QED) is 0.0345. The number of unbranched alkanes of at least 4 members (excludes halogenated alkanes) is 31. The molecule has 1 unspecified atom stereocenters. The van der Waals surface area contributed by atoms with Crippen molar-refractivity contribution in [2.24, 2.45) is 0 Å². The van der Waals surface area contributed by atoms with Crippen LogP contribution in [0.15, 0.2) is 72.9 Å². The largest absolute Gasteiger partial charge is 0.462 e. The van der Waals surface area contributed by atoms with E-state index < -0.39 is 6.10 Å². The predicted molar refractivity (Wildman–Crippen MR) is 297 cm³/mol. The molecule has 0 N–H and O–H groups in total. The first kappa shape index (κ1) is 65.3. The molecule has 0 aliphatic carbocycles. The molecule has 394 valence electrons. The average molecular weight is 950 g/mol. The van der Waals surface area contributed by atoms with Crippen LogP contribution in [0.4, 0.5) is 0 Å². The van der Waals surface area contributed by atoms with Crippen molar-refractivity contribution in [3.8, 4) is 0 Å². The standard InChI is InChI=1S/C63H112O5/c1-4-7-10-13-16-19-22-25-27-29-31-33-35-37-40-43-46-49-52-55-58-66-59-61(68-63(65)57-54-51-48-45-42-38-24-21-18-15-12-9-6-3)60-67-62(64)56-53-50-47-44-41-39-36-34-32-30-28-26-23-20-17-14-11-8-5-2/h7,10,16,19,21,24-28,31,33,61H,4-6,8-9,11-15,17-18,20,22-23,29-30,32,34-60H2,1-3H3/b10-7-,19-16-,24-21-,27-25-,28-26-,33-31-. The van der Waals surface area contributed by atoms with Crippen molar-refractivity contribution in [1.29, 1.82) is 0 Å². The van der Waals surface area contributed by atoms with Gasteiger partial charge in [-0.1, -0.05) is 241 Å². The van der Waals surface area contributed by atoms with E-state index in [1.54, 1.807) is 0 Å². The van der Waals surface area contributed by atoms with Gasteiger partial charge in [0, 0.05) is 19.4 Å². The molecule has 5 heteroatoms. The Morgan fingerprint density at radius 1 is 0.338 bits per heavy atom. The van der Waals surface area contributed by atoms with Gasteiger partial charge in [-0.15, -0.1) is 0 Å². The van der Waals surface area contributed by atoms with Gasteiger partial charge < -0.3 is 14.2 Å². The first-order valence-electron chi connectivity index (χ1n) is 29.5. The second-order valence-electron chi connectivity index (χ2n) is 19.5. The van der Waals surface area contributed by atoms with Crippen molar-refractivity contribution in [2.45, 2.75) is 297 Å². The van der Waals surface area contributed by atoms with Gasteiger partial charge in [-0.05, 0) is 109 Å². The number of allylic oxidation sites excluding steroid dienone is 12. The molecule has 68 heavy (non-hydrogen) atoms. The highest BCUT2D eigenvalue weighted by atomic mass is 16.6. The van der Waals surface area contributed by atoms with Gasteiger partial charge in [0.2, 0.25) is 0 Å². The topological polar surface area (TPSA) is 61.8 Å². The number of carbonyl (C=O) groups excluding carboxylic acids is 2. The lowest BCUT2D eigenvalue weighted by Gasteiger charge is -2.18. The van der Waals surface area contributed by atoms with E-state index in [-0.39, 0.29) is 25.2 Å². The van der Waals surface area contributed by atoms with Crippen molar-refractivity contribution in [3.63, 3.8) is 0 Å². The highest BCUT2D eigenvalue weighted by Gasteiger charge is 2.17. The molecule has 0 fully saturated rings. The van der Waals surface area contributed by atoms with Crippen LogP contribution in [-0.2, 0) is 23.8 Å². The maximum absolute atomic E-state index is 12.8. The molecule has 0 spiro atoms. The van der Waals surface area contributed by atoms with Crippen LogP contribution in [0.1, 0.15) is 290 Å². The Bertz CT molecular complexity index is 1210. The number of esters is 2. The summed E-state index contributed by atoms with van der Waals surface area (Å²) in [7, 11) is 0. The summed E-state index contributed by atoms with van der Waals surface area (Å²) < 4.78 is 17.5. The second-order valence-corrected chi connectivity index (χ2v) is 19.5. The second kappa shape index (κ2) is 58.7. The Balaban J connectivity index is 4.26. The maximum Gasteiger partial charge on any atom is 0.306 e. The van der Waals surface area contributed by atoms with E-state index in [2.05, 4.69) is 93.7 Å². The fourth-order valence-corrected chi connectivity index (χ4v) is 8.32. The average Bonchev–Trinajstić information content (AvgIpc) is 3.34. The highest BCUT2D eigenvalue weighted by Crippen LogP contribution is 2.15. The lowest BCUT2D eigenvalue weighted by Crippen LogP contribution is -2.30. The number of ether oxygens (including phenoxy) is 3. The Hall–Kier alpha value is -2.66. The van der Waals surface area contributed by atoms with E-state index in [9.17, 15) is 9.59 Å². The van der Waals surface area contributed by atoms with Gasteiger partial charge in [-0.3, -0.25) is 9.59 Å². The van der Waals surface area contributed by atoms with Gasteiger partial charge in [0.05, 0.1) is 6.61 Å². The summed E-state index contributed by atoms with van der Waals surface area (Å²) in [5.74, 6) is -0.407. The van der Waals surface area contributed by atoms with E-state index in [0.717, 1.165) is 77.0 Å². The van der Waals surface area contributed by atoms with Crippen LogP contribution in [0.3, 0.4) is 0 Å². The summed E-state index contributed by atoms with van der Waals surface area (Å²) >= 11 is 0. The zero-order valence-corrected chi connectivity index (χ0v) is 45.4. The van der Waals surface area contributed by atoms with Crippen LogP contribution in [0, 0.1) is 0 Å². The molecule has 0 amide bonds. The van der Waals surface area contributed by atoms with Gasteiger partial charge >= 0.3 is 11.9 Å². The summed E-state index contributed by atoms with van der Waals surface area (Å²) in [6, 6.07) is 0. The van der Waals surface area contributed by atoms with E-state index >= 15 is 0 Å². The fourth-order valence-electron chi connectivity index (χ4n) is 8.32. The lowest BCUT2D eigenvalue weighted by atomic mass is 10.1. The smallest absolute Gasteiger partial charge is 0.306 e. The molecule has 0 aliphatic rings. The molecule has 5 nitrogen and oxygen atoms in total. The van der Waals surface area contributed by atoms with Crippen molar-refractivity contribution in [2.75, 3.05) is 19.8 Å². The van der Waals surface area contributed by atoms with E-state index in [0.29, 0.717) is 19.4 Å². The minimum Gasteiger partial charge on any atom is -0.462 e. The molecule has 0 rings (SSSR count). The zero-order chi connectivity index (χ0) is 49.2. The van der Waals surface area contributed by atoms with Crippen LogP contribution in [-0.4, -0.2) is 37.9 Å². The minimum atomic E-state index is -0.550. The normalized spacial score (nSPS) is 12.7. The highest BCUT2D eigenvalue weighted by molar-refractivity contribution is 5.70. The van der Waals surface area contributed by atoms with Crippen molar-refractivity contribution >= 4 is 11.9 Å². The van der Waals surface area contributed by atoms with Gasteiger partial charge in [0.1, 0.15) is 6.61 Å². The molecule has 1 atom stereocenters. The minimum absolute atomic E-state index is 0.0759. The van der Waals surface area contributed by atoms with E-state index in [1.165, 1.54) is 180 Å². The molecule has 0 radical (unpaired) electrons. The molecule has 0 bridgehead atoms. The Kier molecular flexibility index (Phi) is 56.4. The van der Waals surface area contributed by atoms with Gasteiger partial charge in [-0.2, -0.15) is 0 Å². The Labute approximate surface area is 423 Å². The molecule has 0 heterocycles. The molecule has 0 aromatic carbocycles. The number of rotatable bonds is 54. The maximum atomic E-state index is 12.8. The summed E-state index contributed by atoms with van der Waals surface area (Å²) in [5.41, 5.74) is 0. The molecule has 0 saturated heterocycles. The summed E-state index contributed by atoms with van der Waals surface area (Å²) in [4.78, 5) is 25.5. The molecular formula is C63H112O5. The van der Waals surface area contributed by atoms with Gasteiger partial charge in [0.25, 0.3) is 0 Å². The first-order chi connectivity index (χ1) is 33.6. The molecule has 0 aromatic heterocycles. The summed E-state index contributed by atoms with van der Waals surface area (Å²) in [5, 5.41) is 0. The third kappa shape index (κ3) is 55.9. The van der Waals surface area contributed by atoms with Gasteiger partial charge in [0.15, 0.2) is 6.10 Å². The number of hydrogen-bond donors (Lipinski definition) is 0. The molecule has 0 saturated carbocycles. The van der Waals surface area contributed by atoms with Crippen LogP contribution < -0.4 is 0 Å². The third-order valence-electron chi connectivity index (χ3n) is 12.7. The number of carbonyl (C=O) groups is 2. The van der Waals surface area contributed by atoms with Crippen LogP contribution in [0.25, 0.3) is 0 Å². The van der Waals surface area contributed by atoms with Crippen LogP contribution in [0.5, 0.6) is 0 Å².